The minimum atomic E-state index is -0.241. The SMILES string of the molecule is CC(=O)c1cccc(OCC(=O)Nc2nc3c(s2)CCCCCC3)c1. The van der Waals surface area contributed by atoms with Crippen LogP contribution in [0.2, 0.25) is 0 Å². The maximum atomic E-state index is 12.1. The molecule has 0 saturated heterocycles. The van der Waals surface area contributed by atoms with Crippen molar-refractivity contribution in [1.82, 2.24) is 4.98 Å². The Morgan fingerprint density at radius 1 is 1.20 bits per heavy atom. The molecular formula is C19H22N2O3S. The number of hydrogen-bond acceptors (Lipinski definition) is 5. The molecule has 0 radical (unpaired) electrons. The molecule has 25 heavy (non-hydrogen) atoms. The second-order valence-corrected chi connectivity index (χ2v) is 7.31. The molecule has 2 aromatic rings. The fourth-order valence-electron chi connectivity index (χ4n) is 2.87. The van der Waals surface area contributed by atoms with E-state index in [-0.39, 0.29) is 18.3 Å². The van der Waals surface area contributed by atoms with Gasteiger partial charge in [0.2, 0.25) is 0 Å². The van der Waals surface area contributed by atoms with E-state index in [4.69, 9.17) is 4.74 Å². The maximum Gasteiger partial charge on any atom is 0.264 e. The second kappa shape index (κ2) is 8.25. The molecule has 1 aromatic carbocycles. The van der Waals surface area contributed by atoms with E-state index in [0.717, 1.165) is 18.5 Å². The van der Waals surface area contributed by atoms with Gasteiger partial charge in [-0.2, -0.15) is 0 Å². The molecule has 0 saturated carbocycles. The molecule has 132 valence electrons. The predicted octanol–water partition coefficient (Wildman–Crippen LogP) is 4.02. The van der Waals surface area contributed by atoms with Crippen molar-refractivity contribution in [3.05, 3.63) is 40.4 Å². The summed E-state index contributed by atoms with van der Waals surface area (Å²) in [6.45, 7) is 1.39. The molecule has 6 heteroatoms. The zero-order chi connectivity index (χ0) is 17.6. The molecule has 0 atom stereocenters. The summed E-state index contributed by atoms with van der Waals surface area (Å²) >= 11 is 1.57. The number of aromatic nitrogens is 1. The van der Waals surface area contributed by atoms with Crippen molar-refractivity contribution in [2.75, 3.05) is 11.9 Å². The minimum Gasteiger partial charge on any atom is -0.484 e. The first-order valence-corrected chi connectivity index (χ1v) is 9.46. The van der Waals surface area contributed by atoms with Crippen molar-refractivity contribution in [1.29, 1.82) is 0 Å². The van der Waals surface area contributed by atoms with Gasteiger partial charge in [0, 0.05) is 10.4 Å². The lowest BCUT2D eigenvalue weighted by Gasteiger charge is -2.06. The van der Waals surface area contributed by atoms with Gasteiger partial charge < -0.3 is 4.74 Å². The number of aryl methyl sites for hydroxylation is 2. The molecule has 0 unspecified atom stereocenters. The highest BCUT2D eigenvalue weighted by Gasteiger charge is 2.15. The first kappa shape index (κ1) is 17.6. The Morgan fingerprint density at radius 3 is 2.80 bits per heavy atom. The highest BCUT2D eigenvalue weighted by atomic mass is 32.1. The molecule has 1 N–H and O–H groups in total. The first-order valence-electron chi connectivity index (χ1n) is 8.64. The number of nitrogens with one attached hydrogen (secondary N) is 1. The van der Waals surface area contributed by atoms with E-state index in [1.165, 1.54) is 37.5 Å². The summed E-state index contributed by atoms with van der Waals surface area (Å²) in [7, 11) is 0. The third-order valence-electron chi connectivity index (χ3n) is 4.20. The van der Waals surface area contributed by atoms with Gasteiger partial charge in [0.25, 0.3) is 5.91 Å². The van der Waals surface area contributed by atoms with Crippen LogP contribution in [0.4, 0.5) is 5.13 Å². The van der Waals surface area contributed by atoms with E-state index in [0.29, 0.717) is 16.4 Å². The van der Waals surface area contributed by atoms with Crippen LogP contribution in [-0.4, -0.2) is 23.3 Å². The quantitative estimate of drug-likeness (QED) is 0.820. The van der Waals surface area contributed by atoms with Crippen LogP contribution in [0.25, 0.3) is 0 Å². The summed E-state index contributed by atoms with van der Waals surface area (Å²) in [6, 6.07) is 6.84. The van der Waals surface area contributed by atoms with Crippen LogP contribution in [-0.2, 0) is 17.6 Å². The first-order chi connectivity index (χ1) is 12.1. The second-order valence-electron chi connectivity index (χ2n) is 6.22. The number of rotatable bonds is 5. The molecule has 0 bridgehead atoms. The maximum absolute atomic E-state index is 12.1. The molecule has 1 aromatic heterocycles. The van der Waals surface area contributed by atoms with E-state index in [2.05, 4.69) is 10.3 Å². The summed E-state index contributed by atoms with van der Waals surface area (Å²) < 4.78 is 5.49. The lowest BCUT2D eigenvalue weighted by Crippen LogP contribution is -2.20. The molecule has 3 rings (SSSR count). The smallest absolute Gasteiger partial charge is 0.264 e. The lowest BCUT2D eigenvalue weighted by atomic mass is 10.0. The highest BCUT2D eigenvalue weighted by molar-refractivity contribution is 7.15. The number of anilines is 1. The highest BCUT2D eigenvalue weighted by Crippen LogP contribution is 2.28. The van der Waals surface area contributed by atoms with Gasteiger partial charge in [0.1, 0.15) is 5.75 Å². The van der Waals surface area contributed by atoms with Gasteiger partial charge >= 0.3 is 0 Å². The van der Waals surface area contributed by atoms with E-state index in [1.54, 1.807) is 35.6 Å². The van der Waals surface area contributed by atoms with E-state index in [1.807, 2.05) is 0 Å². The van der Waals surface area contributed by atoms with Gasteiger partial charge in [-0.1, -0.05) is 25.0 Å². The van der Waals surface area contributed by atoms with Crippen LogP contribution in [0.3, 0.4) is 0 Å². The number of ketones is 1. The third kappa shape index (κ3) is 4.89. The van der Waals surface area contributed by atoms with Crippen LogP contribution in [0.15, 0.2) is 24.3 Å². The molecule has 1 aliphatic carbocycles. The zero-order valence-electron chi connectivity index (χ0n) is 14.3. The van der Waals surface area contributed by atoms with Crippen molar-refractivity contribution >= 4 is 28.2 Å². The average molecular weight is 358 g/mol. The van der Waals surface area contributed by atoms with Gasteiger partial charge in [-0.15, -0.1) is 11.3 Å². The van der Waals surface area contributed by atoms with E-state index >= 15 is 0 Å². The zero-order valence-corrected chi connectivity index (χ0v) is 15.2. The summed E-state index contributed by atoms with van der Waals surface area (Å²) in [5, 5.41) is 3.48. The molecule has 1 heterocycles. The molecular weight excluding hydrogens is 336 g/mol. The van der Waals surface area contributed by atoms with Crippen molar-refractivity contribution < 1.29 is 14.3 Å². The topological polar surface area (TPSA) is 68.3 Å². The number of fused-ring (bicyclic) bond motifs is 1. The molecule has 1 aliphatic rings. The van der Waals surface area contributed by atoms with Gasteiger partial charge in [0.15, 0.2) is 17.5 Å². The van der Waals surface area contributed by atoms with E-state index < -0.39 is 0 Å². The Kier molecular flexibility index (Phi) is 5.81. The number of thiazole rings is 1. The lowest BCUT2D eigenvalue weighted by molar-refractivity contribution is -0.118. The largest absolute Gasteiger partial charge is 0.484 e. The number of ether oxygens (including phenoxy) is 1. The third-order valence-corrected chi connectivity index (χ3v) is 5.28. The number of carbonyl (C=O) groups is 2. The summed E-state index contributed by atoms with van der Waals surface area (Å²) in [4.78, 5) is 29.4. The van der Waals surface area contributed by atoms with Gasteiger partial charge in [0.05, 0.1) is 5.69 Å². The number of carbonyl (C=O) groups excluding carboxylic acids is 2. The normalized spacial score (nSPS) is 14.1. The summed E-state index contributed by atoms with van der Waals surface area (Å²) in [5.74, 6) is 0.235. The van der Waals surface area contributed by atoms with Crippen molar-refractivity contribution in [2.24, 2.45) is 0 Å². The van der Waals surface area contributed by atoms with Crippen LogP contribution in [0.1, 0.15) is 53.5 Å². The number of hydrogen-bond donors (Lipinski definition) is 1. The number of amides is 1. The Hall–Kier alpha value is -2.21. The van der Waals surface area contributed by atoms with E-state index in [9.17, 15) is 9.59 Å². The molecule has 5 nitrogen and oxygen atoms in total. The van der Waals surface area contributed by atoms with Crippen molar-refractivity contribution in [3.8, 4) is 5.75 Å². The number of Topliss-reactive ketones (excluding diaryl/α,β-unsaturated/α-hetero) is 1. The van der Waals surface area contributed by atoms with Crippen LogP contribution in [0, 0.1) is 0 Å². The Bertz CT molecular complexity index is 744. The minimum absolute atomic E-state index is 0.0323. The predicted molar refractivity (Wildman–Crippen MR) is 98.6 cm³/mol. The van der Waals surface area contributed by atoms with Crippen LogP contribution < -0.4 is 10.1 Å². The summed E-state index contributed by atoms with van der Waals surface area (Å²) in [6.07, 6.45) is 6.93. The van der Waals surface area contributed by atoms with Crippen LogP contribution >= 0.6 is 11.3 Å². The Balaban J connectivity index is 1.57. The Morgan fingerprint density at radius 2 is 2.00 bits per heavy atom. The van der Waals surface area contributed by atoms with Gasteiger partial charge in [-0.05, 0) is 44.7 Å². The van der Waals surface area contributed by atoms with Gasteiger partial charge in [-0.25, -0.2) is 4.98 Å². The van der Waals surface area contributed by atoms with Gasteiger partial charge in [-0.3, -0.25) is 14.9 Å². The average Bonchev–Trinajstić information content (AvgIpc) is 2.94. The standard InChI is InChI=1S/C19H22N2O3S/c1-13(22)14-7-6-8-15(11-14)24-12-18(23)21-19-20-16-9-4-2-3-5-10-17(16)25-19/h6-8,11H,2-5,9-10,12H2,1H3,(H,20,21,23). The fraction of sp³-hybridized carbons (Fsp3) is 0.421. The Labute approximate surface area is 151 Å². The van der Waals surface area contributed by atoms with Crippen molar-refractivity contribution in [3.63, 3.8) is 0 Å². The molecule has 0 spiro atoms. The number of nitrogens with zero attached hydrogens (tertiary/aromatic N) is 1. The molecule has 1 amide bonds. The van der Waals surface area contributed by atoms with Crippen LogP contribution in [0.5, 0.6) is 5.75 Å². The van der Waals surface area contributed by atoms with Crippen molar-refractivity contribution in [2.45, 2.75) is 45.4 Å². The monoisotopic (exact) mass is 358 g/mol. The molecule has 0 aliphatic heterocycles. The summed E-state index contributed by atoms with van der Waals surface area (Å²) in [5.41, 5.74) is 1.70. The fourth-order valence-corrected chi connectivity index (χ4v) is 3.93. The molecule has 0 fully saturated rings. The number of benzene rings is 1.